The van der Waals surface area contributed by atoms with Crippen LogP contribution in [0.5, 0.6) is 0 Å². The molecule has 0 radical (unpaired) electrons. The summed E-state index contributed by atoms with van der Waals surface area (Å²) in [5.41, 5.74) is 4.07. The second-order valence-electron chi connectivity index (χ2n) is 2.63. The van der Waals surface area contributed by atoms with E-state index in [-0.39, 0.29) is 17.8 Å². The normalized spacial score (nSPS) is 11.0. The van der Waals surface area contributed by atoms with Crippen molar-refractivity contribution in [2.75, 3.05) is 0 Å². The molecule has 0 fully saturated rings. The molecular formula is C8H9F3N2O. The summed E-state index contributed by atoms with van der Waals surface area (Å²) in [6, 6.07) is 0.832. The van der Waals surface area contributed by atoms with Crippen LogP contribution in [0.1, 0.15) is 23.4 Å². The highest BCUT2D eigenvalue weighted by Crippen LogP contribution is 2.21. The Morgan fingerprint density at radius 2 is 2.14 bits per heavy atom. The van der Waals surface area contributed by atoms with Crippen molar-refractivity contribution in [3.8, 4) is 0 Å². The van der Waals surface area contributed by atoms with E-state index in [1.807, 2.05) is 0 Å². The number of nitrogens with two attached hydrogens (primary N) is 1. The summed E-state index contributed by atoms with van der Waals surface area (Å²) in [5, 5.41) is 8.69. The zero-order chi connectivity index (χ0) is 10.7. The Bertz CT molecular complexity index is 305. The molecule has 0 amide bonds. The van der Waals surface area contributed by atoms with E-state index in [9.17, 15) is 13.2 Å². The van der Waals surface area contributed by atoms with Crippen LogP contribution in [0.25, 0.3) is 0 Å². The molecule has 0 bridgehead atoms. The summed E-state index contributed by atoms with van der Waals surface area (Å²) in [5.74, 6) is -0.820. The van der Waals surface area contributed by atoms with E-state index < -0.39 is 24.5 Å². The van der Waals surface area contributed by atoms with Crippen LogP contribution in [-0.4, -0.2) is 10.1 Å². The third-order valence-corrected chi connectivity index (χ3v) is 1.71. The average molecular weight is 206 g/mol. The van der Waals surface area contributed by atoms with Crippen molar-refractivity contribution >= 4 is 0 Å². The van der Waals surface area contributed by atoms with Crippen molar-refractivity contribution in [1.29, 1.82) is 0 Å². The molecule has 0 saturated carbocycles. The standard InChI is InChI=1S/C8H9F3N2O/c9-7-4(3-14)1-5(8(10)11)13-6(7)2-12/h1,8,14H,2-3,12H2. The Labute approximate surface area is 78.4 Å². The van der Waals surface area contributed by atoms with Gasteiger partial charge >= 0.3 is 0 Å². The summed E-state index contributed by atoms with van der Waals surface area (Å²) in [7, 11) is 0. The summed E-state index contributed by atoms with van der Waals surface area (Å²) in [6.07, 6.45) is -2.80. The number of nitrogens with zero attached hydrogens (tertiary/aromatic N) is 1. The minimum Gasteiger partial charge on any atom is -0.392 e. The maximum absolute atomic E-state index is 13.2. The fourth-order valence-corrected chi connectivity index (χ4v) is 1.03. The molecule has 14 heavy (non-hydrogen) atoms. The smallest absolute Gasteiger partial charge is 0.280 e. The lowest BCUT2D eigenvalue weighted by atomic mass is 10.2. The third-order valence-electron chi connectivity index (χ3n) is 1.71. The minimum atomic E-state index is -2.80. The highest BCUT2D eigenvalue weighted by molar-refractivity contribution is 5.24. The molecule has 3 N–H and O–H groups in total. The van der Waals surface area contributed by atoms with Crippen molar-refractivity contribution in [2.24, 2.45) is 5.73 Å². The van der Waals surface area contributed by atoms with Crippen molar-refractivity contribution < 1.29 is 18.3 Å². The summed E-state index contributed by atoms with van der Waals surface area (Å²) < 4.78 is 37.6. The first-order valence-corrected chi connectivity index (χ1v) is 3.87. The van der Waals surface area contributed by atoms with E-state index in [2.05, 4.69) is 4.98 Å². The van der Waals surface area contributed by atoms with Gasteiger partial charge in [0.1, 0.15) is 5.69 Å². The fourth-order valence-electron chi connectivity index (χ4n) is 1.03. The second kappa shape index (κ2) is 4.39. The van der Waals surface area contributed by atoms with Gasteiger partial charge in [0, 0.05) is 12.1 Å². The molecule has 0 atom stereocenters. The van der Waals surface area contributed by atoms with E-state index >= 15 is 0 Å². The van der Waals surface area contributed by atoms with Gasteiger partial charge in [-0.25, -0.2) is 18.2 Å². The zero-order valence-corrected chi connectivity index (χ0v) is 7.17. The van der Waals surface area contributed by atoms with Crippen LogP contribution in [0.4, 0.5) is 13.2 Å². The lowest BCUT2D eigenvalue weighted by molar-refractivity contribution is 0.145. The van der Waals surface area contributed by atoms with E-state index in [0.717, 1.165) is 6.07 Å². The number of hydrogen-bond donors (Lipinski definition) is 2. The Morgan fingerprint density at radius 1 is 1.50 bits per heavy atom. The molecule has 3 nitrogen and oxygen atoms in total. The monoisotopic (exact) mass is 206 g/mol. The molecule has 1 aromatic heterocycles. The van der Waals surface area contributed by atoms with Gasteiger partial charge in [-0.3, -0.25) is 0 Å². The summed E-state index contributed by atoms with van der Waals surface area (Å²) >= 11 is 0. The van der Waals surface area contributed by atoms with Gasteiger partial charge in [0.15, 0.2) is 5.82 Å². The molecule has 0 spiro atoms. The predicted molar refractivity (Wildman–Crippen MR) is 43.0 cm³/mol. The number of aliphatic hydroxyl groups is 1. The topological polar surface area (TPSA) is 59.1 Å². The van der Waals surface area contributed by atoms with Crippen LogP contribution in [-0.2, 0) is 13.2 Å². The van der Waals surface area contributed by atoms with E-state index in [0.29, 0.717) is 0 Å². The van der Waals surface area contributed by atoms with Crippen LogP contribution in [0, 0.1) is 5.82 Å². The quantitative estimate of drug-likeness (QED) is 0.778. The fraction of sp³-hybridized carbons (Fsp3) is 0.375. The molecule has 78 valence electrons. The molecule has 6 heteroatoms. The molecule has 0 aliphatic heterocycles. The number of hydrogen-bond acceptors (Lipinski definition) is 3. The lowest BCUT2D eigenvalue weighted by Crippen LogP contribution is -2.09. The number of halogens is 3. The van der Waals surface area contributed by atoms with Crippen LogP contribution in [0.3, 0.4) is 0 Å². The summed E-state index contributed by atoms with van der Waals surface area (Å²) in [6.45, 7) is -0.930. The molecule has 0 aliphatic rings. The summed E-state index contributed by atoms with van der Waals surface area (Å²) in [4.78, 5) is 3.34. The largest absolute Gasteiger partial charge is 0.392 e. The minimum absolute atomic E-state index is 0.212. The molecule has 0 unspecified atom stereocenters. The Balaban J connectivity index is 3.25. The number of rotatable bonds is 3. The van der Waals surface area contributed by atoms with Gasteiger partial charge in [-0.2, -0.15) is 0 Å². The van der Waals surface area contributed by atoms with E-state index in [4.69, 9.17) is 10.8 Å². The first kappa shape index (κ1) is 10.9. The van der Waals surface area contributed by atoms with Gasteiger partial charge in [-0.1, -0.05) is 0 Å². The first-order valence-electron chi connectivity index (χ1n) is 3.87. The van der Waals surface area contributed by atoms with E-state index in [1.165, 1.54) is 0 Å². The molecule has 1 heterocycles. The third kappa shape index (κ3) is 2.02. The van der Waals surface area contributed by atoms with Crippen molar-refractivity contribution in [1.82, 2.24) is 4.98 Å². The van der Waals surface area contributed by atoms with Gasteiger partial charge < -0.3 is 10.8 Å². The molecular weight excluding hydrogens is 197 g/mol. The molecule has 1 aromatic rings. The maximum Gasteiger partial charge on any atom is 0.280 e. The maximum atomic E-state index is 13.2. The Kier molecular flexibility index (Phi) is 3.43. The van der Waals surface area contributed by atoms with Crippen LogP contribution < -0.4 is 5.73 Å². The van der Waals surface area contributed by atoms with Crippen LogP contribution in [0.2, 0.25) is 0 Å². The van der Waals surface area contributed by atoms with Gasteiger partial charge in [0.05, 0.1) is 12.3 Å². The molecule has 0 aromatic carbocycles. The zero-order valence-electron chi connectivity index (χ0n) is 7.17. The van der Waals surface area contributed by atoms with Crippen molar-refractivity contribution in [3.63, 3.8) is 0 Å². The number of pyridine rings is 1. The van der Waals surface area contributed by atoms with Crippen molar-refractivity contribution in [2.45, 2.75) is 19.6 Å². The number of aliphatic hydroxyl groups excluding tert-OH is 1. The van der Waals surface area contributed by atoms with Gasteiger partial charge in [0.2, 0.25) is 0 Å². The highest BCUT2D eigenvalue weighted by atomic mass is 19.3. The highest BCUT2D eigenvalue weighted by Gasteiger charge is 2.16. The predicted octanol–water partition coefficient (Wildman–Crippen LogP) is 1.11. The van der Waals surface area contributed by atoms with Gasteiger partial charge in [-0.05, 0) is 6.07 Å². The average Bonchev–Trinajstić information content (AvgIpc) is 2.17. The number of alkyl halides is 2. The Morgan fingerprint density at radius 3 is 2.57 bits per heavy atom. The van der Waals surface area contributed by atoms with Crippen LogP contribution in [0.15, 0.2) is 6.07 Å². The second-order valence-corrected chi connectivity index (χ2v) is 2.63. The molecule has 0 aliphatic carbocycles. The first-order chi connectivity index (χ1) is 6.60. The van der Waals surface area contributed by atoms with Gasteiger partial charge in [-0.15, -0.1) is 0 Å². The van der Waals surface area contributed by atoms with Crippen LogP contribution >= 0.6 is 0 Å². The Hall–Kier alpha value is -1.14. The molecule has 1 rings (SSSR count). The van der Waals surface area contributed by atoms with E-state index in [1.54, 1.807) is 0 Å². The SMILES string of the molecule is NCc1nc(C(F)F)cc(CO)c1F. The lowest BCUT2D eigenvalue weighted by Gasteiger charge is -2.07. The molecule has 0 saturated heterocycles. The van der Waals surface area contributed by atoms with Crippen molar-refractivity contribution in [3.05, 3.63) is 28.8 Å². The van der Waals surface area contributed by atoms with Gasteiger partial charge in [0.25, 0.3) is 6.43 Å². The number of aromatic nitrogens is 1.